The number of amides is 2. The van der Waals surface area contributed by atoms with Crippen molar-refractivity contribution in [3.05, 3.63) is 70.2 Å². The fourth-order valence-electron chi connectivity index (χ4n) is 5.26. The molecule has 4 aromatic heterocycles. The molecule has 0 radical (unpaired) electrons. The van der Waals surface area contributed by atoms with Crippen molar-refractivity contribution in [1.82, 2.24) is 39.7 Å². The predicted molar refractivity (Wildman–Crippen MR) is 198 cm³/mol. The summed E-state index contributed by atoms with van der Waals surface area (Å²) in [6.45, 7) is 13.2. The number of rotatable bonds is 9. The monoisotopic (exact) mass is 770 g/mol. The molecule has 4 heterocycles. The Kier molecular flexibility index (Phi) is 12.5. The molecule has 282 valence electrons. The second-order valence-electron chi connectivity index (χ2n) is 13.6. The van der Waals surface area contributed by atoms with Crippen LogP contribution in [0.25, 0.3) is 33.2 Å². The van der Waals surface area contributed by atoms with Crippen LogP contribution in [0.2, 0.25) is 10.6 Å². The molecule has 5 rings (SSSR count). The lowest BCUT2D eigenvalue weighted by Gasteiger charge is -2.20. The summed E-state index contributed by atoms with van der Waals surface area (Å²) in [6, 6.07) is 8.95. The van der Waals surface area contributed by atoms with Gasteiger partial charge in [-0.15, -0.1) is 0 Å². The Morgan fingerprint density at radius 3 is 1.83 bits per heavy atom. The van der Waals surface area contributed by atoms with E-state index in [1.54, 1.807) is 41.5 Å². The van der Waals surface area contributed by atoms with Gasteiger partial charge < -0.3 is 39.5 Å². The zero-order valence-electron chi connectivity index (χ0n) is 30.2. The minimum atomic E-state index is -1.11. The van der Waals surface area contributed by atoms with E-state index in [1.165, 1.54) is 27.6 Å². The standard InChI is InChI=1S/C21H23ClN4O4.C14H17ClN4O4/c1-12-7-5-6-8-13(12)15-14-11-24-19(22)25-17(14)26(16(15)18(27)28)10-9-23-20(29)30-21(2,3)4;1-14(2,3)23-13(22)16-4-5-19-9(11(20)21)6-8-7-17-12(15)18-10(8)19/h5-8,11H,9-10H2,1-4H3,(H,23,29)(H,27,28);6-7H,4-5H2,1-3H3,(H,16,22)(H,20,21). The predicted octanol–water partition coefficient (Wildman–Crippen LogP) is 6.59. The number of ether oxygens (including phenoxy) is 2. The van der Waals surface area contributed by atoms with Crippen LogP contribution in [0.3, 0.4) is 0 Å². The summed E-state index contributed by atoms with van der Waals surface area (Å²) in [6.07, 6.45) is 1.83. The van der Waals surface area contributed by atoms with E-state index in [4.69, 9.17) is 32.7 Å². The number of carbonyl (C=O) groups is 4. The van der Waals surface area contributed by atoms with Gasteiger partial charge in [-0.25, -0.2) is 29.1 Å². The van der Waals surface area contributed by atoms with Crippen LogP contribution in [0, 0.1) is 6.92 Å². The third-order valence-electron chi connectivity index (χ3n) is 7.22. The number of fused-ring (bicyclic) bond motifs is 2. The number of benzene rings is 1. The molecule has 0 aliphatic heterocycles. The van der Waals surface area contributed by atoms with Gasteiger partial charge in [0, 0.05) is 54.9 Å². The van der Waals surface area contributed by atoms with Crippen molar-refractivity contribution in [1.29, 1.82) is 0 Å². The number of aryl methyl sites for hydroxylation is 1. The first kappa shape index (κ1) is 40.3. The topological polar surface area (TPSA) is 213 Å². The Hall–Kier alpha value is -5.48. The fourth-order valence-corrected chi connectivity index (χ4v) is 5.52. The van der Waals surface area contributed by atoms with Gasteiger partial charge in [-0.05, 0) is 88.9 Å². The molecule has 0 aliphatic carbocycles. The van der Waals surface area contributed by atoms with Crippen LogP contribution in [-0.4, -0.2) is 87.7 Å². The Morgan fingerprint density at radius 2 is 1.30 bits per heavy atom. The van der Waals surface area contributed by atoms with Gasteiger partial charge in [-0.1, -0.05) is 24.3 Å². The van der Waals surface area contributed by atoms with Crippen molar-refractivity contribution < 1.29 is 38.9 Å². The average Bonchev–Trinajstić information content (AvgIpc) is 3.55. The molecular formula is C35H40Cl2N8O8. The van der Waals surface area contributed by atoms with E-state index in [9.17, 15) is 29.4 Å². The maximum atomic E-state index is 12.3. The molecule has 0 saturated heterocycles. The highest BCUT2D eigenvalue weighted by atomic mass is 35.5. The van der Waals surface area contributed by atoms with Gasteiger partial charge in [-0.2, -0.15) is 9.97 Å². The second-order valence-corrected chi connectivity index (χ2v) is 14.3. The maximum Gasteiger partial charge on any atom is 0.407 e. The number of nitrogens with one attached hydrogen (secondary N) is 2. The zero-order chi connectivity index (χ0) is 39.2. The number of alkyl carbamates (subject to hydrolysis) is 2. The number of nitrogens with zero attached hydrogens (tertiary/aromatic N) is 6. The number of halogens is 2. The third kappa shape index (κ3) is 10.5. The number of aromatic nitrogens is 6. The lowest BCUT2D eigenvalue weighted by atomic mass is 9.98. The highest BCUT2D eigenvalue weighted by molar-refractivity contribution is 6.29. The summed E-state index contributed by atoms with van der Waals surface area (Å²) in [5.74, 6) is -2.21. The molecule has 1 aromatic carbocycles. The van der Waals surface area contributed by atoms with Crippen LogP contribution in [0.1, 0.15) is 68.1 Å². The number of carbonyl (C=O) groups excluding carboxylic acids is 2. The second kappa shape index (κ2) is 16.5. The van der Waals surface area contributed by atoms with E-state index >= 15 is 0 Å². The molecule has 53 heavy (non-hydrogen) atoms. The zero-order valence-corrected chi connectivity index (χ0v) is 31.7. The van der Waals surface area contributed by atoms with Gasteiger partial charge in [0.15, 0.2) is 0 Å². The molecular weight excluding hydrogens is 731 g/mol. The van der Waals surface area contributed by atoms with Crippen LogP contribution in [0.4, 0.5) is 9.59 Å². The first-order chi connectivity index (χ1) is 24.8. The minimum absolute atomic E-state index is 0.00891. The molecule has 0 unspecified atom stereocenters. The maximum absolute atomic E-state index is 12.3. The Labute approximate surface area is 314 Å². The highest BCUT2D eigenvalue weighted by Gasteiger charge is 2.26. The number of carboxylic acids is 2. The smallest absolute Gasteiger partial charge is 0.407 e. The fraction of sp³-hybridized carbons (Fsp3) is 0.371. The number of hydrogen-bond acceptors (Lipinski definition) is 10. The summed E-state index contributed by atoms with van der Waals surface area (Å²) < 4.78 is 13.3. The van der Waals surface area contributed by atoms with Gasteiger partial charge in [0.25, 0.3) is 0 Å². The Balaban J connectivity index is 0.000000245. The lowest BCUT2D eigenvalue weighted by molar-refractivity contribution is 0.0514. The van der Waals surface area contributed by atoms with Gasteiger partial charge >= 0.3 is 24.1 Å². The Bertz CT molecular complexity index is 2170. The van der Waals surface area contributed by atoms with E-state index in [0.29, 0.717) is 27.6 Å². The van der Waals surface area contributed by atoms with Crippen molar-refractivity contribution in [3.63, 3.8) is 0 Å². The van der Waals surface area contributed by atoms with Crippen LogP contribution in [0.5, 0.6) is 0 Å². The van der Waals surface area contributed by atoms with E-state index in [1.807, 2.05) is 31.2 Å². The normalized spacial score (nSPS) is 11.5. The molecule has 0 saturated carbocycles. The quantitative estimate of drug-likeness (QED) is 0.117. The van der Waals surface area contributed by atoms with E-state index in [-0.39, 0.29) is 48.1 Å². The van der Waals surface area contributed by atoms with Gasteiger partial charge in [0.05, 0.1) is 0 Å². The van der Waals surface area contributed by atoms with Crippen molar-refractivity contribution in [2.75, 3.05) is 13.1 Å². The average molecular weight is 772 g/mol. The minimum Gasteiger partial charge on any atom is -0.477 e. The first-order valence-corrected chi connectivity index (χ1v) is 17.0. The molecule has 5 aromatic rings. The molecule has 16 nitrogen and oxygen atoms in total. The lowest BCUT2D eigenvalue weighted by Crippen LogP contribution is -2.34. The largest absolute Gasteiger partial charge is 0.477 e. The van der Waals surface area contributed by atoms with Crippen LogP contribution in [0.15, 0.2) is 42.7 Å². The van der Waals surface area contributed by atoms with E-state index < -0.39 is 35.3 Å². The summed E-state index contributed by atoms with van der Waals surface area (Å²) in [4.78, 5) is 63.3. The number of aromatic carboxylic acids is 2. The first-order valence-electron chi connectivity index (χ1n) is 16.3. The van der Waals surface area contributed by atoms with Gasteiger partial charge in [-0.3, -0.25) is 0 Å². The molecule has 0 fully saturated rings. The van der Waals surface area contributed by atoms with Crippen molar-refractivity contribution in [3.8, 4) is 11.1 Å². The van der Waals surface area contributed by atoms with E-state index in [0.717, 1.165) is 11.1 Å². The van der Waals surface area contributed by atoms with Crippen LogP contribution < -0.4 is 10.6 Å². The SMILES string of the molecule is CC(C)(C)OC(=O)NCCn1c(C(=O)O)cc2cnc(Cl)nc21.Cc1ccccc1-c1c(C(=O)O)n(CCNC(=O)OC(C)(C)C)c2nc(Cl)ncc12. The summed E-state index contributed by atoms with van der Waals surface area (Å²) in [7, 11) is 0. The van der Waals surface area contributed by atoms with Crippen LogP contribution in [-0.2, 0) is 22.6 Å². The summed E-state index contributed by atoms with van der Waals surface area (Å²) in [5, 5.41) is 25.7. The van der Waals surface area contributed by atoms with Crippen molar-refractivity contribution >= 4 is 69.4 Å². The molecule has 18 heteroatoms. The van der Waals surface area contributed by atoms with Crippen molar-refractivity contribution in [2.24, 2.45) is 0 Å². The van der Waals surface area contributed by atoms with Crippen molar-refractivity contribution in [2.45, 2.75) is 72.8 Å². The number of carboxylic acid groups (broad SMARTS) is 2. The summed E-state index contributed by atoms with van der Waals surface area (Å²) >= 11 is 11.8. The molecule has 0 atom stereocenters. The number of hydrogen-bond donors (Lipinski definition) is 4. The molecule has 0 bridgehead atoms. The molecule has 0 aliphatic rings. The summed E-state index contributed by atoms with van der Waals surface area (Å²) in [5.41, 5.74) is 1.86. The van der Waals surface area contributed by atoms with Gasteiger partial charge in [0.1, 0.15) is 33.9 Å². The molecule has 2 amide bonds. The van der Waals surface area contributed by atoms with Crippen LogP contribution >= 0.6 is 23.2 Å². The molecule has 4 N–H and O–H groups in total. The highest BCUT2D eigenvalue weighted by Crippen LogP contribution is 2.36. The van der Waals surface area contributed by atoms with E-state index in [2.05, 4.69) is 30.6 Å². The van der Waals surface area contributed by atoms with Gasteiger partial charge in [0.2, 0.25) is 10.6 Å². The third-order valence-corrected chi connectivity index (χ3v) is 7.58. The Morgan fingerprint density at radius 1 is 0.774 bits per heavy atom. The molecule has 0 spiro atoms.